The van der Waals surface area contributed by atoms with Gasteiger partial charge in [-0.2, -0.15) is 4.98 Å². The molecule has 0 spiro atoms. The fourth-order valence-corrected chi connectivity index (χ4v) is 2.81. The molecule has 1 heterocycles. The first-order chi connectivity index (χ1) is 13.4. The molecule has 146 valence electrons. The van der Waals surface area contributed by atoms with Crippen LogP contribution in [0.15, 0.2) is 47.0 Å². The second-order valence-corrected chi connectivity index (χ2v) is 6.88. The summed E-state index contributed by atoms with van der Waals surface area (Å²) in [6, 6.07) is 12.9. The minimum Gasteiger partial charge on any atom is -0.495 e. The number of aryl methyl sites for hydroxylation is 1. The highest BCUT2D eigenvalue weighted by Gasteiger charge is 2.14. The van der Waals surface area contributed by atoms with Crippen molar-refractivity contribution in [3.05, 3.63) is 58.9 Å². The molecule has 0 aliphatic rings. The number of aromatic nitrogens is 2. The average Bonchev–Trinajstić information content (AvgIpc) is 3.10. The van der Waals surface area contributed by atoms with Crippen molar-refractivity contribution in [3.8, 4) is 17.1 Å². The summed E-state index contributed by atoms with van der Waals surface area (Å²) in [6.45, 7) is 2.50. The number of ether oxygens (including phenoxy) is 1. The van der Waals surface area contributed by atoms with E-state index in [1.807, 2.05) is 31.2 Å². The van der Waals surface area contributed by atoms with Crippen LogP contribution >= 0.6 is 11.6 Å². The largest absolute Gasteiger partial charge is 0.495 e. The number of carbonyl (C=O) groups excluding carboxylic acids is 1. The van der Waals surface area contributed by atoms with Gasteiger partial charge in [-0.1, -0.05) is 46.6 Å². The number of nitrogens with one attached hydrogen (secondary N) is 1. The van der Waals surface area contributed by atoms with Crippen molar-refractivity contribution >= 4 is 23.2 Å². The van der Waals surface area contributed by atoms with Crippen LogP contribution in [0.1, 0.15) is 11.5 Å². The van der Waals surface area contributed by atoms with Crippen LogP contribution in [0, 0.1) is 6.92 Å². The third-order valence-corrected chi connectivity index (χ3v) is 4.27. The Kier molecular flexibility index (Phi) is 6.28. The lowest BCUT2D eigenvalue weighted by atomic mass is 10.1. The molecule has 2 aromatic carbocycles. The van der Waals surface area contributed by atoms with Crippen molar-refractivity contribution in [2.24, 2.45) is 0 Å². The molecule has 1 amide bonds. The lowest BCUT2D eigenvalue weighted by Crippen LogP contribution is -2.30. The van der Waals surface area contributed by atoms with Gasteiger partial charge in [0.05, 0.1) is 25.9 Å². The molecule has 0 fully saturated rings. The van der Waals surface area contributed by atoms with Gasteiger partial charge in [0.25, 0.3) is 0 Å². The van der Waals surface area contributed by atoms with Crippen molar-refractivity contribution in [3.63, 3.8) is 0 Å². The van der Waals surface area contributed by atoms with E-state index in [0.29, 0.717) is 34.7 Å². The van der Waals surface area contributed by atoms with Crippen LogP contribution in [0.2, 0.25) is 5.02 Å². The number of halogens is 1. The summed E-state index contributed by atoms with van der Waals surface area (Å²) < 4.78 is 10.5. The molecule has 0 atom stereocenters. The van der Waals surface area contributed by atoms with Gasteiger partial charge in [0.15, 0.2) is 0 Å². The molecule has 3 rings (SSSR count). The Hall–Kier alpha value is -2.90. The standard InChI is InChI=1S/C20H21ClN4O3/c1-13-4-6-14(7-5-13)20-23-19(28-24-20)12-25(2)11-18(26)22-16-10-15(21)8-9-17(16)27-3/h4-10H,11-12H2,1-3H3,(H,22,26). The van der Waals surface area contributed by atoms with Gasteiger partial charge in [0.1, 0.15) is 5.75 Å². The Morgan fingerprint density at radius 3 is 2.71 bits per heavy atom. The SMILES string of the molecule is COc1ccc(Cl)cc1NC(=O)CN(C)Cc1nc(-c2ccc(C)cc2)no1. The number of rotatable bonds is 7. The Labute approximate surface area is 168 Å². The average molecular weight is 401 g/mol. The maximum absolute atomic E-state index is 12.3. The Morgan fingerprint density at radius 2 is 2.00 bits per heavy atom. The molecule has 1 N–H and O–H groups in total. The van der Waals surface area contributed by atoms with Gasteiger partial charge in [0, 0.05) is 10.6 Å². The first-order valence-corrected chi connectivity index (χ1v) is 9.04. The van der Waals surface area contributed by atoms with Crippen molar-refractivity contribution in [2.45, 2.75) is 13.5 Å². The molecule has 7 nitrogen and oxygen atoms in total. The molecular formula is C20H21ClN4O3. The molecule has 0 aliphatic heterocycles. The zero-order chi connectivity index (χ0) is 20.1. The summed E-state index contributed by atoms with van der Waals surface area (Å²) in [7, 11) is 3.33. The summed E-state index contributed by atoms with van der Waals surface area (Å²) in [6.07, 6.45) is 0. The molecule has 0 aliphatic carbocycles. The van der Waals surface area contributed by atoms with E-state index in [1.165, 1.54) is 7.11 Å². The molecule has 0 saturated heterocycles. The van der Waals surface area contributed by atoms with E-state index in [1.54, 1.807) is 30.1 Å². The molecule has 28 heavy (non-hydrogen) atoms. The van der Waals surface area contributed by atoms with E-state index in [4.69, 9.17) is 20.9 Å². The molecule has 8 heteroatoms. The normalized spacial score (nSPS) is 10.9. The van der Waals surface area contributed by atoms with Crippen molar-refractivity contribution < 1.29 is 14.1 Å². The van der Waals surface area contributed by atoms with Gasteiger partial charge in [-0.05, 0) is 32.2 Å². The molecular weight excluding hydrogens is 380 g/mol. The number of benzene rings is 2. The highest BCUT2D eigenvalue weighted by Crippen LogP contribution is 2.27. The van der Waals surface area contributed by atoms with Gasteiger partial charge >= 0.3 is 0 Å². The molecule has 0 unspecified atom stereocenters. The Bertz CT molecular complexity index is 956. The predicted octanol–water partition coefficient (Wildman–Crippen LogP) is 3.78. The molecule has 1 aromatic heterocycles. The van der Waals surface area contributed by atoms with E-state index in [9.17, 15) is 4.79 Å². The number of amides is 1. The van der Waals surface area contributed by atoms with Gasteiger partial charge in [-0.3, -0.25) is 9.69 Å². The minimum atomic E-state index is -0.207. The van der Waals surface area contributed by atoms with Crippen molar-refractivity contribution in [2.75, 3.05) is 26.0 Å². The van der Waals surface area contributed by atoms with E-state index >= 15 is 0 Å². The number of anilines is 1. The smallest absolute Gasteiger partial charge is 0.241 e. The highest BCUT2D eigenvalue weighted by atomic mass is 35.5. The third-order valence-electron chi connectivity index (χ3n) is 4.03. The molecule has 0 saturated carbocycles. The summed E-state index contributed by atoms with van der Waals surface area (Å²) >= 11 is 5.99. The van der Waals surface area contributed by atoms with E-state index in [0.717, 1.165) is 11.1 Å². The quantitative estimate of drug-likeness (QED) is 0.650. The van der Waals surface area contributed by atoms with Gasteiger partial charge < -0.3 is 14.6 Å². The number of likely N-dealkylation sites (N-methyl/N-ethyl adjacent to an activating group) is 1. The monoisotopic (exact) mass is 400 g/mol. The Morgan fingerprint density at radius 1 is 1.25 bits per heavy atom. The van der Waals surface area contributed by atoms with Crippen LogP contribution in [-0.2, 0) is 11.3 Å². The molecule has 0 radical (unpaired) electrons. The maximum atomic E-state index is 12.3. The number of hydrogen-bond acceptors (Lipinski definition) is 6. The van der Waals surface area contributed by atoms with Crippen LogP contribution < -0.4 is 10.1 Å². The van der Waals surface area contributed by atoms with E-state index in [-0.39, 0.29) is 12.5 Å². The lowest BCUT2D eigenvalue weighted by molar-refractivity contribution is -0.117. The highest BCUT2D eigenvalue weighted by molar-refractivity contribution is 6.31. The predicted molar refractivity (Wildman–Crippen MR) is 107 cm³/mol. The van der Waals surface area contributed by atoms with E-state index in [2.05, 4.69) is 15.5 Å². The second kappa shape index (κ2) is 8.86. The van der Waals surface area contributed by atoms with Crippen LogP contribution in [0.4, 0.5) is 5.69 Å². The summed E-state index contributed by atoms with van der Waals surface area (Å²) in [4.78, 5) is 18.5. The summed E-state index contributed by atoms with van der Waals surface area (Å²) in [5.41, 5.74) is 2.57. The van der Waals surface area contributed by atoms with Gasteiger partial charge in [-0.15, -0.1) is 0 Å². The van der Waals surface area contributed by atoms with Gasteiger partial charge in [0.2, 0.25) is 17.6 Å². The van der Waals surface area contributed by atoms with Crippen LogP contribution in [-0.4, -0.2) is 41.6 Å². The second-order valence-electron chi connectivity index (χ2n) is 6.44. The number of hydrogen-bond donors (Lipinski definition) is 1. The third kappa shape index (κ3) is 5.09. The van der Waals surface area contributed by atoms with Crippen molar-refractivity contribution in [1.82, 2.24) is 15.0 Å². The minimum absolute atomic E-state index is 0.137. The topological polar surface area (TPSA) is 80.5 Å². The van der Waals surface area contributed by atoms with Crippen LogP contribution in [0.25, 0.3) is 11.4 Å². The lowest BCUT2D eigenvalue weighted by Gasteiger charge is -2.15. The van der Waals surface area contributed by atoms with Crippen molar-refractivity contribution in [1.29, 1.82) is 0 Å². The zero-order valence-corrected chi connectivity index (χ0v) is 16.7. The Balaban J connectivity index is 1.58. The number of nitrogens with zero attached hydrogens (tertiary/aromatic N) is 3. The molecule has 0 bridgehead atoms. The van der Waals surface area contributed by atoms with Crippen LogP contribution in [0.3, 0.4) is 0 Å². The first-order valence-electron chi connectivity index (χ1n) is 8.66. The van der Waals surface area contributed by atoms with Crippen LogP contribution in [0.5, 0.6) is 5.75 Å². The molecule has 3 aromatic rings. The summed E-state index contributed by atoms with van der Waals surface area (Å²) in [5.74, 6) is 1.30. The fraction of sp³-hybridized carbons (Fsp3) is 0.250. The number of methoxy groups -OCH3 is 1. The van der Waals surface area contributed by atoms with Gasteiger partial charge in [-0.25, -0.2) is 0 Å². The zero-order valence-electron chi connectivity index (χ0n) is 15.9. The first kappa shape index (κ1) is 19.9. The number of carbonyl (C=O) groups is 1. The summed E-state index contributed by atoms with van der Waals surface area (Å²) in [5, 5.41) is 7.32. The maximum Gasteiger partial charge on any atom is 0.241 e. The van der Waals surface area contributed by atoms with E-state index < -0.39 is 0 Å². The fourth-order valence-electron chi connectivity index (χ4n) is 2.64.